The molecule has 1 aromatic heterocycles. The molecule has 3 aromatic carbocycles. The minimum absolute atomic E-state index is 0. The number of nitrogens with zero attached hydrogens (tertiary/aromatic N) is 2. The summed E-state index contributed by atoms with van der Waals surface area (Å²) >= 11 is 0. The summed E-state index contributed by atoms with van der Waals surface area (Å²) in [7, 11) is 2.05. The summed E-state index contributed by atoms with van der Waals surface area (Å²) in [5.74, 6) is 1.91. The summed E-state index contributed by atoms with van der Waals surface area (Å²) in [6, 6.07) is 22.4. The number of para-hydroxylation sites is 2. The third-order valence-electron chi connectivity index (χ3n) is 4.98. The monoisotopic (exact) mass is 474 g/mol. The summed E-state index contributed by atoms with van der Waals surface area (Å²) in [5.41, 5.74) is 2.28. The van der Waals surface area contributed by atoms with Gasteiger partial charge in [0.1, 0.15) is 25.0 Å². The molecule has 0 amide bonds. The summed E-state index contributed by atoms with van der Waals surface area (Å²) in [5, 5.41) is 12.8. The van der Waals surface area contributed by atoms with E-state index in [9.17, 15) is 5.11 Å². The molecule has 0 radical (unpaired) electrons. The molecule has 0 spiro atoms. The van der Waals surface area contributed by atoms with E-state index in [-0.39, 0.29) is 30.6 Å². The van der Waals surface area contributed by atoms with Gasteiger partial charge < -0.3 is 33.8 Å². The number of aromatic nitrogens is 2. The highest BCUT2D eigenvalue weighted by Crippen LogP contribution is 2.25. The van der Waals surface area contributed by atoms with Crippen LogP contribution in [0.5, 0.6) is 5.75 Å². The maximum absolute atomic E-state index is 10.6. The number of imidazole rings is 1. The first-order chi connectivity index (χ1) is 12.6. The lowest BCUT2D eigenvalue weighted by molar-refractivity contribution is -0.652. The molecule has 4 nitrogen and oxygen atoms in total. The van der Waals surface area contributed by atoms with Crippen molar-refractivity contribution < 1.29 is 38.4 Å². The number of aliphatic hydroxyl groups excluding tert-OH is 1. The van der Waals surface area contributed by atoms with Crippen LogP contribution in [0.2, 0.25) is 0 Å². The van der Waals surface area contributed by atoms with Crippen LogP contribution in [0, 0.1) is 6.92 Å². The normalized spacial score (nSPS) is 12.1. The van der Waals surface area contributed by atoms with E-state index in [0.29, 0.717) is 6.54 Å². The van der Waals surface area contributed by atoms with Gasteiger partial charge in [-0.25, -0.2) is 9.13 Å². The van der Waals surface area contributed by atoms with Gasteiger partial charge in [-0.2, -0.15) is 0 Å². The molecular weight excluding hydrogens is 451 g/mol. The number of ether oxygens (including phenoxy) is 1. The van der Waals surface area contributed by atoms with Gasteiger partial charge in [0.15, 0.2) is 11.0 Å². The molecule has 0 bridgehead atoms. The minimum Gasteiger partial charge on any atom is -1.00 e. The molecule has 1 unspecified atom stereocenters. The Balaban J connectivity index is 0.00000210. The lowest BCUT2D eigenvalue weighted by Gasteiger charge is -2.13. The number of hydrogen-bond donors (Lipinski definition) is 1. The number of fused-ring (bicyclic) bond motifs is 2. The Morgan fingerprint density at radius 3 is 2.56 bits per heavy atom. The molecular formula is C22H23IN2O2. The quantitative estimate of drug-likeness (QED) is 0.336. The molecule has 0 aliphatic carbocycles. The van der Waals surface area contributed by atoms with Crippen molar-refractivity contribution in [2.24, 2.45) is 7.05 Å². The van der Waals surface area contributed by atoms with Crippen LogP contribution in [-0.4, -0.2) is 22.4 Å². The molecule has 5 heteroatoms. The van der Waals surface area contributed by atoms with Crippen LogP contribution in [0.1, 0.15) is 5.82 Å². The molecule has 0 saturated heterocycles. The molecule has 4 aromatic rings. The van der Waals surface area contributed by atoms with Gasteiger partial charge in [0.05, 0.1) is 7.05 Å². The third-order valence-corrected chi connectivity index (χ3v) is 4.98. The molecule has 1 N–H and O–H groups in total. The zero-order chi connectivity index (χ0) is 18.1. The summed E-state index contributed by atoms with van der Waals surface area (Å²) in [6.45, 7) is 2.82. The van der Waals surface area contributed by atoms with Gasteiger partial charge in [-0.3, -0.25) is 0 Å². The number of benzene rings is 3. The van der Waals surface area contributed by atoms with Crippen LogP contribution in [0.15, 0.2) is 66.7 Å². The highest BCUT2D eigenvalue weighted by molar-refractivity contribution is 5.88. The second kappa shape index (κ2) is 8.27. The maximum Gasteiger partial charge on any atom is 0.254 e. The largest absolute Gasteiger partial charge is 1.00 e. The maximum atomic E-state index is 10.6. The smallest absolute Gasteiger partial charge is 0.254 e. The van der Waals surface area contributed by atoms with E-state index in [1.807, 2.05) is 49.5 Å². The van der Waals surface area contributed by atoms with Gasteiger partial charge in [-0.15, -0.1) is 0 Å². The second-order valence-electron chi connectivity index (χ2n) is 6.65. The average Bonchev–Trinajstić information content (AvgIpc) is 2.91. The van der Waals surface area contributed by atoms with Crippen LogP contribution in [-0.2, 0) is 13.6 Å². The van der Waals surface area contributed by atoms with Gasteiger partial charge in [-0.1, -0.05) is 48.5 Å². The highest BCUT2D eigenvalue weighted by Gasteiger charge is 2.21. The fraction of sp³-hybridized carbons (Fsp3) is 0.227. The lowest BCUT2D eigenvalue weighted by atomic mass is 10.1. The third kappa shape index (κ3) is 3.80. The van der Waals surface area contributed by atoms with E-state index in [0.717, 1.165) is 33.4 Å². The van der Waals surface area contributed by atoms with Crippen molar-refractivity contribution in [2.75, 3.05) is 6.61 Å². The summed E-state index contributed by atoms with van der Waals surface area (Å²) in [4.78, 5) is 0. The Kier molecular flexibility index (Phi) is 6.01. The van der Waals surface area contributed by atoms with E-state index < -0.39 is 6.10 Å². The number of halogens is 1. The molecule has 1 atom stereocenters. The van der Waals surface area contributed by atoms with Crippen molar-refractivity contribution >= 4 is 21.8 Å². The van der Waals surface area contributed by atoms with Gasteiger partial charge in [0.25, 0.3) is 5.82 Å². The Morgan fingerprint density at radius 1 is 1.00 bits per heavy atom. The number of aryl methyl sites for hydroxylation is 1. The zero-order valence-electron chi connectivity index (χ0n) is 15.5. The van der Waals surface area contributed by atoms with Crippen molar-refractivity contribution in [3.05, 3.63) is 72.6 Å². The average molecular weight is 474 g/mol. The number of rotatable bonds is 5. The molecule has 27 heavy (non-hydrogen) atoms. The lowest BCUT2D eigenvalue weighted by Crippen LogP contribution is -3.00. The van der Waals surface area contributed by atoms with Crippen LogP contribution < -0.4 is 33.3 Å². The number of aliphatic hydroxyl groups is 1. The molecule has 0 saturated carbocycles. The Bertz CT molecular complexity index is 1070. The molecule has 0 fully saturated rings. The topological polar surface area (TPSA) is 38.3 Å². The minimum atomic E-state index is -0.594. The van der Waals surface area contributed by atoms with Crippen LogP contribution in [0.4, 0.5) is 0 Å². The number of hydrogen-bond acceptors (Lipinski definition) is 2. The van der Waals surface area contributed by atoms with E-state index in [4.69, 9.17) is 4.74 Å². The van der Waals surface area contributed by atoms with Crippen molar-refractivity contribution in [1.82, 2.24) is 4.57 Å². The van der Waals surface area contributed by atoms with Crippen LogP contribution in [0.3, 0.4) is 0 Å². The van der Waals surface area contributed by atoms with Gasteiger partial charge in [0.2, 0.25) is 0 Å². The van der Waals surface area contributed by atoms with Crippen LogP contribution in [0.25, 0.3) is 21.8 Å². The summed E-state index contributed by atoms with van der Waals surface area (Å²) < 4.78 is 10.2. The zero-order valence-corrected chi connectivity index (χ0v) is 17.6. The van der Waals surface area contributed by atoms with Crippen molar-refractivity contribution in [2.45, 2.75) is 19.6 Å². The predicted octanol–water partition coefficient (Wildman–Crippen LogP) is 0.371. The molecule has 4 rings (SSSR count). The van der Waals surface area contributed by atoms with E-state index >= 15 is 0 Å². The van der Waals surface area contributed by atoms with Crippen molar-refractivity contribution in [3.63, 3.8) is 0 Å². The first-order valence-corrected chi connectivity index (χ1v) is 8.87. The predicted molar refractivity (Wildman–Crippen MR) is 103 cm³/mol. The van der Waals surface area contributed by atoms with Gasteiger partial charge in [0, 0.05) is 12.3 Å². The fourth-order valence-electron chi connectivity index (χ4n) is 3.51. The van der Waals surface area contributed by atoms with E-state index in [1.54, 1.807) is 0 Å². The molecule has 0 aliphatic heterocycles. The van der Waals surface area contributed by atoms with Crippen molar-refractivity contribution in [3.8, 4) is 5.75 Å². The molecule has 0 aliphatic rings. The van der Waals surface area contributed by atoms with Crippen molar-refractivity contribution in [1.29, 1.82) is 0 Å². The van der Waals surface area contributed by atoms with E-state index in [2.05, 4.69) is 40.3 Å². The second-order valence-corrected chi connectivity index (χ2v) is 6.65. The first kappa shape index (κ1) is 19.6. The Hall–Kier alpha value is -2.12. The van der Waals surface area contributed by atoms with Gasteiger partial charge >= 0.3 is 0 Å². The first-order valence-electron chi connectivity index (χ1n) is 8.87. The SMILES string of the molecule is Cc1n(CC(O)COc2cccc3ccccc23)c2ccccc2[n+]1C.[I-]. The Labute approximate surface area is 176 Å². The molecule has 1 heterocycles. The standard InChI is InChI=1S/C22H23N2O2.HI/c1-16-23(2)20-11-5-6-12-21(20)24(16)14-18(25)15-26-22-13-7-9-17-8-3-4-10-19(17)22;/h3-13,18,25H,14-15H2,1-2H3;1H/q+1;/p-1. The fourth-order valence-corrected chi connectivity index (χ4v) is 3.51. The van der Waals surface area contributed by atoms with E-state index in [1.165, 1.54) is 0 Å². The summed E-state index contributed by atoms with van der Waals surface area (Å²) in [6.07, 6.45) is -0.594. The highest BCUT2D eigenvalue weighted by atomic mass is 127. The van der Waals surface area contributed by atoms with Crippen LogP contribution >= 0.6 is 0 Å². The molecule has 140 valence electrons. The van der Waals surface area contributed by atoms with Gasteiger partial charge in [-0.05, 0) is 23.6 Å². The Morgan fingerprint density at radius 2 is 1.70 bits per heavy atom.